The maximum absolute atomic E-state index is 11.5. The Morgan fingerprint density at radius 1 is 1.27 bits per heavy atom. The van der Waals surface area contributed by atoms with Crippen molar-refractivity contribution in [2.75, 3.05) is 12.4 Å². The van der Waals surface area contributed by atoms with Gasteiger partial charge in [0.1, 0.15) is 5.75 Å². The number of rotatable bonds is 2. The Bertz CT molecular complexity index is 345. The Balaban J connectivity index is 2.70. The second-order valence-corrected chi connectivity index (χ2v) is 9.44. The largest absolute Gasteiger partial charge is 0.497 e. The Hall–Kier alpha value is -0.0700. The molecule has 82 valence electrons. The van der Waals surface area contributed by atoms with Gasteiger partial charge in [-0.3, -0.25) is 4.79 Å². The van der Waals surface area contributed by atoms with Gasteiger partial charge >= 0.3 is 0 Å². The van der Waals surface area contributed by atoms with Crippen LogP contribution in [0.2, 0.25) is 0 Å². The third-order valence-electron chi connectivity index (χ3n) is 1.61. The normalized spacial score (nSPS) is 10.9. The molecule has 0 spiro atoms. The molecular formula is C9H8Br3NO2. The number of alkyl halides is 3. The van der Waals surface area contributed by atoms with E-state index in [0.717, 1.165) is 5.75 Å². The summed E-state index contributed by atoms with van der Waals surface area (Å²) in [4.78, 5) is 11.5. The number of carbonyl (C=O) groups is 1. The van der Waals surface area contributed by atoms with Gasteiger partial charge in [0.05, 0.1) is 7.11 Å². The molecule has 6 heteroatoms. The van der Waals surface area contributed by atoms with Gasteiger partial charge in [0.25, 0.3) is 5.91 Å². The Labute approximate surface area is 113 Å². The van der Waals surface area contributed by atoms with Crippen molar-refractivity contribution in [2.24, 2.45) is 0 Å². The van der Waals surface area contributed by atoms with E-state index in [1.165, 1.54) is 0 Å². The topological polar surface area (TPSA) is 38.3 Å². The minimum atomic E-state index is -0.938. The fourth-order valence-corrected chi connectivity index (χ4v) is 1.17. The van der Waals surface area contributed by atoms with Crippen LogP contribution in [0, 0.1) is 0 Å². The van der Waals surface area contributed by atoms with Crippen molar-refractivity contribution in [3.05, 3.63) is 24.3 Å². The fourth-order valence-electron chi connectivity index (χ4n) is 0.876. The summed E-state index contributed by atoms with van der Waals surface area (Å²) in [5, 5.41) is 2.70. The summed E-state index contributed by atoms with van der Waals surface area (Å²) >= 11 is 9.38. The van der Waals surface area contributed by atoms with Crippen LogP contribution in [0.15, 0.2) is 24.3 Å². The molecule has 0 bridgehead atoms. The molecule has 1 aromatic rings. The predicted molar refractivity (Wildman–Crippen MR) is 71.1 cm³/mol. The van der Waals surface area contributed by atoms with Crippen molar-refractivity contribution in [3.63, 3.8) is 0 Å². The number of anilines is 1. The molecule has 0 aliphatic heterocycles. The van der Waals surface area contributed by atoms with Gasteiger partial charge in [-0.1, -0.05) is 0 Å². The van der Waals surface area contributed by atoms with Crippen LogP contribution in [0.25, 0.3) is 0 Å². The van der Waals surface area contributed by atoms with E-state index >= 15 is 0 Å². The standard InChI is InChI=1S/C9H8Br3NO2/c1-15-7-4-2-6(3-5-7)13-8(14)9(10,11)12/h2-5H,1H3,(H,13,14). The molecule has 0 heterocycles. The van der Waals surface area contributed by atoms with Crippen molar-refractivity contribution in [1.82, 2.24) is 0 Å². The molecule has 0 aromatic heterocycles. The molecule has 1 rings (SSSR count). The zero-order chi connectivity index (χ0) is 11.5. The van der Waals surface area contributed by atoms with E-state index in [1.54, 1.807) is 31.4 Å². The maximum atomic E-state index is 11.5. The first-order valence-electron chi connectivity index (χ1n) is 3.95. The van der Waals surface area contributed by atoms with Gasteiger partial charge in [-0.2, -0.15) is 0 Å². The third kappa shape index (κ3) is 4.12. The van der Waals surface area contributed by atoms with Crippen molar-refractivity contribution in [2.45, 2.75) is 2.14 Å². The molecule has 1 aromatic carbocycles. The number of methoxy groups -OCH3 is 1. The minimum Gasteiger partial charge on any atom is -0.497 e. The Morgan fingerprint density at radius 3 is 2.20 bits per heavy atom. The molecular weight excluding hydrogens is 394 g/mol. The lowest BCUT2D eigenvalue weighted by atomic mass is 10.3. The van der Waals surface area contributed by atoms with Gasteiger partial charge in [0.2, 0.25) is 2.14 Å². The number of hydrogen-bond donors (Lipinski definition) is 1. The highest BCUT2D eigenvalue weighted by atomic mass is 80.0. The Morgan fingerprint density at radius 2 is 1.80 bits per heavy atom. The molecule has 3 nitrogen and oxygen atoms in total. The number of benzene rings is 1. The summed E-state index contributed by atoms with van der Waals surface area (Å²) in [6.45, 7) is 0. The van der Waals surface area contributed by atoms with Gasteiger partial charge in [-0.05, 0) is 72.1 Å². The zero-order valence-electron chi connectivity index (χ0n) is 7.76. The quantitative estimate of drug-likeness (QED) is 0.770. The van der Waals surface area contributed by atoms with Crippen molar-refractivity contribution in [3.8, 4) is 5.75 Å². The first-order chi connectivity index (χ1) is 6.93. The highest BCUT2D eigenvalue weighted by Gasteiger charge is 2.28. The molecule has 0 saturated heterocycles. The SMILES string of the molecule is COc1ccc(NC(=O)C(Br)(Br)Br)cc1. The van der Waals surface area contributed by atoms with Crippen LogP contribution in [0.4, 0.5) is 5.69 Å². The molecule has 0 aliphatic carbocycles. The summed E-state index contributed by atoms with van der Waals surface area (Å²) in [5.41, 5.74) is 0.698. The summed E-state index contributed by atoms with van der Waals surface area (Å²) in [7, 11) is 1.59. The van der Waals surface area contributed by atoms with Crippen LogP contribution >= 0.6 is 47.8 Å². The molecule has 0 saturated carbocycles. The number of ether oxygens (including phenoxy) is 1. The zero-order valence-corrected chi connectivity index (χ0v) is 12.5. The van der Waals surface area contributed by atoms with Gasteiger partial charge in [-0.25, -0.2) is 0 Å². The lowest BCUT2D eigenvalue weighted by Crippen LogP contribution is -2.25. The van der Waals surface area contributed by atoms with E-state index in [2.05, 4.69) is 53.1 Å². The van der Waals surface area contributed by atoms with Crippen LogP contribution in [0.5, 0.6) is 5.75 Å². The lowest BCUT2D eigenvalue weighted by Gasteiger charge is -2.12. The van der Waals surface area contributed by atoms with Crippen LogP contribution in [0.3, 0.4) is 0 Å². The van der Waals surface area contributed by atoms with Crippen LogP contribution in [-0.4, -0.2) is 15.2 Å². The van der Waals surface area contributed by atoms with Crippen molar-refractivity contribution >= 4 is 59.4 Å². The molecule has 0 fully saturated rings. The minimum absolute atomic E-state index is 0.243. The van der Waals surface area contributed by atoms with Crippen molar-refractivity contribution < 1.29 is 9.53 Å². The van der Waals surface area contributed by atoms with E-state index < -0.39 is 2.14 Å². The van der Waals surface area contributed by atoms with Gasteiger partial charge in [0.15, 0.2) is 0 Å². The molecule has 0 radical (unpaired) electrons. The van der Waals surface area contributed by atoms with Crippen molar-refractivity contribution in [1.29, 1.82) is 0 Å². The second kappa shape index (κ2) is 5.32. The highest BCUT2D eigenvalue weighted by molar-refractivity contribution is 9.40. The molecule has 1 amide bonds. The average Bonchev–Trinajstić information content (AvgIpc) is 2.17. The highest BCUT2D eigenvalue weighted by Crippen LogP contribution is 2.34. The number of hydrogen-bond acceptors (Lipinski definition) is 2. The van der Waals surface area contributed by atoms with Crippen LogP contribution in [0.1, 0.15) is 0 Å². The monoisotopic (exact) mass is 399 g/mol. The van der Waals surface area contributed by atoms with Gasteiger partial charge in [-0.15, -0.1) is 0 Å². The number of amides is 1. The molecule has 0 unspecified atom stereocenters. The first-order valence-corrected chi connectivity index (χ1v) is 6.33. The van der Waals surface area contributed by atoms with E-state index in [-0.39, 0.29) is 5.91 Å². The first kappa shape index (κ1) is 13.0. The van der Waals surface area contributed by atoms with Crippen LogP contribution < -0.4 is 10.1 Å². The van der Waals surface area contributed by atoms with E-state index in [9.17, 15) is 4.79 Å². The average molecular weight is 402 g/mol. The number of nitrogens with one attached hydrogen (secondary N) is 1. The summed E-state index contributed by atoms with van der Waals surface area (Å²) in [6, 6.07) is 7.06. The molecule has 0 aliphatic rings. The number of halogens is 3. The van der Waals surface area contributed by atoms with E-state index in [0.29, 0.717) is 5.69 Å². The summed E-state index contributed by atoms with van der Waals surface area (Å²) in [6.07, 6.45) is 0. The molecule has 1 N–H and O–H groups in total. The van der Waals surface area contributed by atoms with Gasteiger partial charge in [0, 0.05) is 5.69 Å². The molecule has 0 atom stereocenters. The predicted octanol–water partition coefficient (Wildman–Crippen LogP) is 3.47. The lowest BCUT2D eigenvalue weighted by molar-refractivity contribution is -0.114. The number of carbonyl (C=O) groups excluding carboxylic acids is 1. The second-order valence-electron chi connectivity index (χ2n) is 2.68. The summed E-state index contributed by atoms with van der Waals surface area (Å²) in [5.74, 6) is 0.503. The summed E-state index contributed by atoms with van der Waals surface area (Å²) < 4.78 is 4.06. The van der Waals surface area contributed by atoms with Crippen LogP contribution in [-0.2, 0) is 4.79 Å². The van der Waals surface area contributed by atoms with E-state index in [1.807, 2.05) is 0 Å². The molecule has 15 heavy (non-hydrogen) atoms. The third-order valence-corrected chi connectivity index (χ3v) is 2.69. The smallest absolute Gasteiger partial charge is 0.263 e. The van der Waals surface area contributed by atoms with E-state index in [4.69, 9.17) is 4.74 Å². The maximum Gasteiger partial charge on any atom is 0.263 e. The van der Waals surface area contributed by atoms with Gasteiger partial charge < -0.3 is 10.1 Å². The fraction of sp³-hybridized carbons (Fsp3) is 0.222. The Kier molecular flexibility index (Phi) is 4.61.